The Morgan fingerprint density at radius 3 is 2.48 bits per heavy atom. The molecular weight excluding hydrogens is 434 g/mol. The van der Waals surface area contributed by atoms with Crippen molar-refractivity contribution >= 4 is 28.0 Å². The van der Waals surface area contributed by atoms with E-state index in [0.717, 1.165) is 16.3 Å². The molecule has 0 bridgehead atoms. The number of carbonyl (C=O) groups is 1. The smallest absolute Gasteiger partial charge is 0.275 e. The number of carbonyl (C=O) groups excluding carboxylic acids is 1. The number of hydrogen-bond donors (Lipinski definition) is 1. The molecule has 0 spiro atoms. The second kappa shape index (κ2) is 9.13. The normalized spacial score (nSPS) is 10.9. The van der Waals surface area contributed by atoms with Crippen molar-refractivity contribution in [1.29, 1.82) is 0 Å². The minimum Gasteiger partial charge on any atom is -0.345 e. The van der Waals surface area contributed by atoms with Crippen molar-refractivity contribution in [2.75, 3.05) is 0 Å². The molecule has 0 radical (unpaired) electrons. The molecule has 1 N–H and O–H groups in total. The van der Waals surface area contributed by atoms with E-state index in [-0.39, 0.29) is 24.6 Å². The van der Waals surface area contributed by atoms with E-state index in [9.17, 15) is 9.59 Å². The Kier molecular flexibility index (Phi) is 5.73. The first-order valence-electron chi connectivity index (χ1n) is 10.4. The van der Waals surface area contributed by atoms with Crippen molar-refractivity contribution in [2.45, 2.75) is 13.1 Å². The fourth-order valence-electron chi connectivity index (χ4n) is 3.53. The first-order chi connectivity index (χ1) is 16.2. The van der Waals surface area contributed by atoms with Crippen LogP contribution in [0.2, 0.25) is 0 Å². The lowest BCUT2D eigenvalue weighted by atomic mass is 10.1. The average molecular weight is 454 g/mol. The molecule has 7 nitrogen and oxygen atoms in total. The molecule has 0 aliphatic rings. The number of rotatable bonds is 6. The summed E-state index contributed by atoms with van der Waals surface area (Å²) in [6.07, 6.45) is 1.68. The van der Waals surface area contributed by atoms with Crippen molar-refractivity contribution < 1.29 is 4.79 Å². The fourth-order valence-corrected chi connectivity index (χ4v) is 4.34. The van der Waals surface area contributed by atoms with Crippen LogP contribution in [0, 0.1) is 0 Å². The molecule has 162 valence electrons. The van der Waals surface area contributed by atoms with Crippen LogP contribution in [-0.4, -0.2) is 25.7 Å². The third kappa shape index (κ3) is 4.42. The van der Waals surface area contributed by atoms with Gasteiger partial charge in [0.25, 0.3) is 11.5 Å². The molecule has 2 aromatic carbocycles. The summed E-state index contributed by atoms with van der Waals surface area (Å²) in [5.41, 5.74) is 2.46. The molecule has 0 fully saturated rings. The summed E-state index contributed by atoms with van der Waals surface area (Å²) >= 11 is 1.42. The molecular formula is C25H19N5O2S. The van der Waals surface area contributed by atoms with Crippen LogP contribution in [0.25, 0.3) is 21.3 Å². The van der Waals surface area contributed by atoms with Gasteiger partial charge in [0, 0.05) is 22.5 Å². The van der Waals surface area contributed by atoms with E-state index in [1.807, 2.05) is 66.7 Å². The minimum absolute atomic E-state index is 0.167. The van der Waals surface area contributed by atoms with Gasteiger partial charge in [0.05, 0.1) is 29.9 Å². The SMILES string of the molecule is O=C(NCc1nn(Cc2ccccn2)c(=O)c2ccccc12)c1csc(-c2ccccc2)n1. The third-order valence-electron chi connectivity index (χ3n) is 5.16. The van der Waals surface area contributed by atoms with Crippen LogP contribution in [-0.2, 0) is 13.1 Å². The lowest BCUT2D eigenvalue weighted by Gasteiger charge is -2.11. The van der Waals surface area contributed by atoms with E-state index in [1.54, 1.807) is 17.6 Å². The second-order valence-corrected chi connectivity index (χ2v) is 8.22. The van der Waals surface area contributed by atoms with Crippen LogP contribution >= 0.6 is 11.3 Å². The number of benzene rings is 2. The van der Waals surface area contributed by atoms with Crippen LogP contribution in [0.15, 0.2) is 89.2 Å². The van der Waals surface area contributed by atoms with E-state index < -0.39 is 0 Å². The topological polar surface area (TPSA) is 89.8 Å². The Hall–Kier alpha value is -4.17. The van der Waals surface area contributed by atoms with E-state index in [2.05, 4.69) is 20.4 Å². The summed E-state index contributed by atoms with van der Waals surface area (Å²) in [4.78, 5) is 34.5. The van der Waals surface area contributed by atoms with Gasteiger partial charge in [-0.15, -0.1) is 11.3 Å². The number of nitrogens with one attached hydrogen (secondary N) is 1. The van der Waals surface area contributed by atoms with Crippen LogP contribution < -0.4 is 10.9 Å². The van der Waals surface area contributed by atoms with Gasteiger partial charge < -0.3 is 5.32 Å². The third-order valence-corrected chi connectivity index (χ3v) is 6.05. The van der Waals surface area contributed by atoms with Gasteiger partial charge in [0.15, 0.2) is 0 Å². The van der Waals surface area contributed by atoms with Gasteiger partial charge >= 0.3 is 0 Å². The molecule has 5 rings (SSSR count). The average Bonchev–Trinajstić information content (AvgIpc) is 3.37. The number of hydrogen-bond acceptors (Lipinski definition) is 6. The van der Waals surface area contributed by atoms with Gasteiger partial charge in [-0.3, -0.25) is 14.6 Å². The van der Waals surface area contributed by atoms with Crippen molar-refractivity contribution in [3.8, 4) is 10.6 Å². The summed E-state index contributed by atoms with van der Waals surface area (Å²) in [6, 6.07) is 22.5. The summed E-state index contributed by atoms with van der Waals surface area (Å²) in [5.74, 6) is -0.290. The lowest BCUT2D eigenvalue weighted by molar-refractivity contribution is 0.0946. The van der Waals surface area contributed by atoms with E-state index in [4.69, 9.17) is 0 Å². The number of pyridine rings is 1. The van der Waals surface area contributed by atoms with Crippen molar-refractivity contribution in [3.63, 3.8) is 0 Å². The molecule has 0 saturated carbocycles. The van der Waals surface area contributed by atoms with Gasteiger partial charge in [-0.25, -0.2) is 9.67 Å². The van der Waals surface area contributed by atoms with Crippen LogP contribution in [0.3, 0.4) is 0 Å². The van der Waals surface area contributed by atoms with Crippen molar-refractivity contribution in [1.82, 2.24) is 25.1 Å². The lowest BCUT2D eigenvalue weighted by Crippen LogP contribution is -2.29. The predicted molar refractivity (Wildman–Crippen MR) is 128 cm³/mol. The first kappa shape index (κ1) is 20.7. The Morgan fingerprint density at radius 1 is 0.939 bits per heavy atom. The largest absolute Gasteiger partial charge is 0.345 e. The van der Waals surface area contributed by atoms with Gasteiger partial charge in [0.2, 0.25) is 0 Å². The number of aromatic nitrogens is 4. The molecule has 1 amide bonds. The number of fused-ring (bicyclic) bond motifs is 1. The summed E-state index contributed by atoms with van der Waals surface area (Å²) in [7, 11) is 0. The maximum Gasteiger partial charge on any atom is 0.275 e. The highest BCUT2D eigenvalue weighted by molar-refractivity contribution is 7.13. The first-order valence-corrected chi connectivity index (χ1v) is 11.2. The predicted octanol–water partition coefficient (Wildman–Crippen LogP) is 3.89. The standard InChI is InChI=1S/C25H19N5O2S/c31-23(22-16-33-24(28-22)17-8-2-1-3-9-17)27-14-21-19-11-4-5-12-20(19)25(32)30(29-21)15-18-10-6-7-13-26-18/h1-13,16H,14-15H2,(H,27,31). The summed E-state index contributed by atoms with van der Waals surface area (Å²) < 4.78 is 1.39. The fraction of sp³-hybridized carbons (Fsp3) is 0.0800. The molecule has 8 heteroatoms. The maximum atomic E-state index is 13.0. The minimum atomic E-state index is -0.290. The van der Waals surface area contributed by atoms with Gasteiger partial charge in [-0.2, -0.15) is 5.10 Å². The highest BCUT2D eigenvalue weighted by atomic mass is 32.1. The monoisotopic (exact) mass is 453 g/mol. The maximum absolute atomic E-state index is 13.0. The molecule has 0 aliphatic heterocycles. The highest BCUT2D eigenvalue weighted by Gasteiger charge is 2.15. The second-order valence-electron chi connectivity index (χ2n) is 7.36. The summed E-state index contributed by atoms with van der Waals surface area (Å²) in [6.45, 7) is 0.415. The molecule has 5 aromatic rings. The zero-order valence-corrected chi connectivity index (χ0v) is 18.3. The van der Waals surface area contributed by atoms with Gasteiger partial charge in [0.1, 0.15) is 10.7 Å². The van der Waals surface area contributed by atoms with Crippen LogP contribution in [0.1, 0.15) is 21.9 Å². The van der Waals surface area contributed by atoms with E-state index in [0.29, 0.717) is 22.2 Å². The van der Waals surface area contributed by atoms with E-state index >= 15 is 0 Å². The molecule has 3 heterocycles. The highest BCUT2D eigenvalue weighted by Crippen LogP contribution is 2.23. The summed E-state index contributed by atoms with van der Waals surface area (Å²) in [5, 5.41) is 11.2. The molecule has 3 aromatic heterocycles. The van der Waals surface area contributed by atoms with Crippen LogP contribution in [0.4, 0.5) is 0 Å². The van der Waals surface area contributed by atoms with E-state index in [1.165, 1.54) is 16.0 Å². The number of amides is 1. The Balaban J connectivity index is 1.40. The molecule has 0 atom stereocenters. The Morgan fingerprint density at radius 2 is 1.70 bits per heavy atom. The number of thiazole rings is 1. The Bertz CT molecular complexity index is 1480. The van der Waals surface area contributed by atoms with Crippen molar-refractivity contribution in [2.24, 2.45) is 0 Å². The molecule has 0 unspecified atom stereocenters. The molecule has 0 saturated heterocycles. The molecule has 33 heavy (non-hydrogen) atoms. The van der Waals surface area contributed by atoms with Gasteiger partial charge in [-0.05, 0) is 18.2 Å². The number of nitrogens with zero attached hydrogens (tertiary/aromatic N) is 4. The zero-order valence-electron chi connectivity index (χ0n) is 17.5. The zero-order chi connectivity index (χ0) is 22.6. The van der Waals surface area contributed by atoms with Gasteiger partial charge in [-0.1, -0.05) is 54.6 Å². The quantitative estimate of drug-likeness (QED) is 0.421. The Labute approximate surface area is 193 Å². The molecule has 0 aliphatic carbocycles. The van der Waals surface area contributed by atoms with Crippen LogP contribution in [0.5, 0.6) is 0 Å². The van der Waals surface area contributed by atoms with Crippen molar-refractivity contribution in [3.05, 3.63) is 112 Å².